The van der Waals surface area contributed by atoms with Gasteiger partial charge in [-0.1, -0.05) is 41.9 Å². The molecule has 39 heavy (non-hydrogen) atoms. The highest BCUT2D eigenvalue weighted by atomic mass is 35.5. The first-order valence-corrected chi connectivity index (χ1v) is 12.5. The average Bonchev–Trinajstić information content (AvgIpc) is 3.49. The third-order valence-corrected chi connectivity index (χ3v) is 6.78. The number of ether oxygens (including phenoxy) is 2. The number of aromatic amines is 1. The molecule has 8 nitrogen and oxygen atoms in total. The molecule has 1 amide bonds. The molecule has 3 heterocycles. The van der Waals surface area contributed by atoms with Crippen molar-refractivity contribution in [3.8, 4) is 34.1 Å². The van der Waals surface area contributed by atoms with Crippen molar-refractivity contribution in [3.05, 3.63) is 89.7 Å². The summed E-state index contributed by atoms with van der Waals surface area (Å²) < 4.78 is 10.9. The molecule has 5 aromatic rings. The Balaban J connectivity index is 1.66. The van der Waals surface area contributed by atoms with Gasteiger partial charge < -0.3 is 25.1 Å². The molecule has 0 radical (unpaired) electrons. The molecule has 0 spiro atoms. The molecule has 196 valence electrons. The maximum absolute atomic E-state index is 11.9. The number of methoxy groups -OCH3 is 2. The number of halogens is 2. The molecule has 0 saturated carbocycles. The first-order chi connectivity index (χ1) is 18.9. The fourth-order valence-corrected chi connectivity index (χ4v) is 4.85. The Kier molecular flexibility index (Phi) is 7.40. The first-order valence-electron chi connectivity index (χ1n) is 11.8. The average molecular weight is 560 g/mol. The number of pyridine rings is 2. The number of rotatable bonds is 8. The predicted molar refractivity (Wildman–Crippen MR) is 156 cm³/mol. The van der Waals surface area contributed by atoms with E-state index in [0.717, 1.165) is 16.5 Å². The van der Waals surface area contributed by atoms with Gasteiger partial charge in [0, 0.05) is 34.8 Å². The number of fused-ring (bicyclic) bond motifs is 1. The zero-order valence-electron chi connectivity index (χ0n) is 21.0. The smallest absolute Gasteiger partial charge is 0.247 e. The van der Waals surface area contributed by atoms with E-state index in [1.54, 1.807) is 18.3 Å². The molecule has 0 bridgehead atoms. The molecule has 0 fully saturated rings. The van der Waals surface area contributed by atoms with E-state index >= 15 is 0 Å². The lowest BCUT2D eigenvalue weighted by molar-refractivity contribution is -0.111. The minimum absolute atomic E-state index is 0.312. The maximum atomic E-state index is 11.9. The molecule has 3 N–H and O–H groups in total. The zero-order valence-corrected chi connectivity index (χ0v) is 22.5. The van der Waals surface area contributed by atoms with Crippen LogP contribution in [0.3, 0.4) is 0 Å². The molecule has 5 rings (SSSR count). The van der Waals surface area contributed by atoms with Crippen LogP contribution in [0.15, 0.2) is 79.6 Å². The van der Waals surface area contributed by atoms with E-state index in [-0.39, 0.29) is 5.91 Å². The van der Waals surface area contributed by atoms with Crippen LogP contribution in [0, 0.1) is 0 Å². The molecule has 0 atom stereocenters. The van der Waals surface area contributed by atoms with Crippen molar-refractivity contribution in [2.75, 3.05) is 24.9 Å². The second-order valence-electron chi connectivity index (χ2n) is 8.38. The minimum atomic E-state index is -0.312. The van der Waals surface area contributed by atoms with Crippen molar-refractivity contribution in [3.63, 3.8) is 0 Å². The number of hydrogen-bond donors (Lipinski definition) is 3. The van der Waals surface area contributed by atoms with Crippen LogP contribution in [0.1, 0.15) is 0 Å². The Morgan fingerprint density at radius 1 is 1.00 bits per heavy atom. The molecule has 0 unspecified atom stereocenters. The van der Waals surface area contributed by atoms with Gasteiger partial charge in [0.2, 0.25) is 5.91 Å². The Morgan fingerprint density at radius 3 is 2.36 bits per heavy atom. The second kappa shape index (κ2) is 11.1. The Morgan fingerprint density at radius 2 is 1.72 bits per heavy atom. The van der Waals surface area contributed by atoms with E-state index < -0.39 is 0 Å². The fourth-order valence-electron chi connectivity index (χ4n) is 4.16. The van der Waals surface area contributed by atoms with Crippen molar-refractivity contribution in [1.82, 2.24) is 15.0 Å². The summed E-state index contributed by atoms with van der Waals surface area (Å²) in [4.78, 5) is 24.7. The highest BCUT2D eigenvalue weighted by molar-refractivity contribution is 6.41. The third kappa shape index (κ3) is 5.12. The summed E-state index contributed by atoms with van der Waals surface area (Å²) in [6, 6.07) is 16.5. The van der Waals surface area contributed by atoms with Gasteiger partial charge in [-0.3, -0.25) is 4.79 Å². The van der Waals surface area contributed by atoms with Crippen molar-refractivity contribution < 1.29 is 14.3 Å². The topological polar surface area (TPSA) is 101 Å². The predicted octanol–water partition coefficient (Wildman–Crippen LogP) is 7.48. The summed E-state index contributed by atoms with van der Waals surface area (Å²) in [7, 11) is 3.05. The van der Waals surface area contributed by atoms with Crippen LogP contribution < -0.4 is 20.1 Å². The summed E-state index contributed by atoms with van der Waals surface area (Å²) in [5.74, 6) is 1.07. The maximum Gasteiger partial charge on any atom is 0.247 e. The van der Waals surface area contributed by atoms with Gasteiger partial charge in [0.25, 0.3) is 0 Å². The van der Waals surface area contributed by atoms with Crippen LogP contribution >= 0.6 is 23.2 Å². The van der Waals surface area contributed by atoms with Crippen molar-refractivity contribution in [2.24, 2.45) is 0 Å². The lowest BCUT2D eigenvalue weighted by Gasteiger charge is -2.16. The highest BCUT2D eigenvalue weighted by Crippen LogP contribution is 2.46. The summed E-state index contributed by atoms with van der Waals surface area (Å²) in [6.45, 7) is 3.51. The molecule has 0 aliphatic rings. The molecule has 0 aliphatic carbocycles. The number of amides is 1. The van der Waals surface area contributed by atoms with E-state index in [9.17, 15) is 4.79 Å². The number of carbonyl (C=O) groups excluding carboxylic acids is 1. The molecule has 10 heteroatoms. The second-order valence-corrected chi connectivity index (χ2v) is 9.13. The van der Waals surface area contributed by atoms with Crippen LogP contribution in [0.2, 0.25) is 10.0 Å². The molecule has 3 aromatic heterocycles. The van der Waals surface area contributed by atoms with Gasteiger partial charge in [-0.05, 0) is 42.5 Å². The van der Waals surface area contributed by atoms with Gasteiger partial charge in [-0.15, -0.1) is 0 Å². The van der Waals surface area contributed by atoms with E-state index in [1.807, 2.05) is 48.7 Å². The molecular formula is C29H23Cl2N5O3. The number of benzene rings is 2. The summed E-state index contributed by atoms with van der Waals surface area (Å²) in [5.41, 5.74) is 3.74. The van der Waals surface area contributed by atoms with Crippen LogP contribution in [0.5, 0.6) is 11.5 Å². The largest absolute Gasteiger partial charge is 0.495 e. The van der Waals surface area contributed by atoms with Crippen molar-refractivity contribution >= 4 is 57.1 Å². The van der Waals surface area contributed by atoms with Gasteiger partial charge in [-0.2, -0.15) is 0 Å². The van der Waals surface area contributed by atoms with Gasteiger partial charge in [-0.25, -0.2) is 9.97 Å². The van der Waals surface area contributed by atoms with Crippen LogP contribution in [0.4, 0.5) is 17.2 Å². The Labute approximate surface area is 234 Å². The number of hydrogen-bond acceptors (Lipinski definition) is 6. The van der Waals surface area contributed by atoms with Gasteiger partial charge in [0.05, 0.1) is 52.7 Å². The first kappa shape index (κ1) is 26.1. The van der Waals surface area contributed by atoms with E-state index in [2.05, 4.69) is 27.2 Å². The summed E-state index contributed by atoms with van der Waals surface area (Å²) >= 11 is 13.4. The number of anilines is 3. The van der Waals surface area contributed by atoms with Crippen LogP contribution in [0.25, 0.3) is 33.4 Å². The molecule has 2 aromatic carbocycles. The van der Waals surface area contributed by atoms with Crippen molar-refractivity contribution in [2.45, 2.75) is 0 Å². The normalized spacial score (nSPS) is 10.8. The summed E-state index contributed by atoms with van der Waals surface area (Å²) in [5, 5.41) is 8.35. The number of aromatic nitrogens is 3. The number of H-pyrrole nitrogens is 1. The lowest BCUT2D eigenvalue weighted by atomic mass is 10.0. The molecule has 0 saturated heterocycles. The Hall–Kier alpha value is -4.53. The SMILES string of the molecule is C=CC(=O)Nc1ccccc1Nc1cc2c(-c3ccc[nH]3)nc(-c3c(Cl)c(OC)cc(OC)c3Cl)cc2cn1. The van der Waals surface area contributed by atoms with Gasteiger partial charge >= 0.3 is 0 Å². The van der Waals surface area contributed by atoms with Crippen LogP contribution in [-0.2, 0) is 4.79 Å². The number of nitrogens with one attached hydrogen (secondary N) is 3. The number of carbonyl (C=O) groups is 1. The zero-order chi connectivity index (χ0) is 27.5. The van der Waals surface area contributed by atoms with Crippen LogP contribution in [-0.4, -0.2) is 35.1 Å². The quantitative estimate of drug-likeness (QED) is 0.170. The number of nitrogens with zero attached hydrogens (tertiary/aromatic N) is 2. The molecular weight excluding hydrogens is 537 g/mol. The van der Waals surface area contributed by atoms with E-state index in [4.69, 9.17) is 37.7 Å². The molecule has 0 aliphatic heterocycles. The number of para-hydroxylation sites is 2. The third-order valence-electron chi connectivity index (χ3n) is 6.03. The van der Waals surface area contributed by atoms with Gasteiger partial charge in [0.15, 0.2) is 0 Å². The highest BCUT2D eigenvalue weighted by Gasteiger charge is 2.22. The van der Waals surface area contributed by atoms with E-state index in [0.29, 0.717) is 55.7 Å². The standard InChI is InChI=1S/C29H23Cl2N5O3/c1-4-25(37)35-19-9-6-5-8-18(19)34-24-13-17-16(15-33-24)12-21(36-29(17)20-10-7-11-32-20)26-27(30)22(38-2)14-23(39-3)28(26)31/h4-15,32H,1H2,2-3H3,(H,33,34)(H,35,37). The summed E-state index contributed by atoms with van der Waals surface area (Å²) in [6.07, 6.45) is 4.77. The lowest BCUT2D eigenvalue weighted by Crippen LogP contribution is -2.09. The minimum Gasteiger partial charge on any atom is -0.495 e. The fraction of sp³-hybridized carbons (Fsp3) is 0.0690. The monoisotopic (exact) mass is 559 g/mol. The van der Waals surface area contributed by atoms with Gasteiger partial charge in [0.1, 0.15) is 17.3 Å². The van der Waals surface area contributed by atoms with Crippen molar-refractivity contribution in [1.29, 1.82) is 0 Å². The Bertz CT molecular complexity index is 1680. The van der Waals surface area contributed by atoms with E-state index in [1.165, 1.54) is 20.3 Å².